The zero-order valence-corrected chi connectivity index (χ0v) is 14.7. The van der Waals surface area contributed by atoms with Crippen molar-refractivity contribution in [2.45, 2.75) is 44.9 Å². The number of rotatable bonds is 7. The molecule has 0 saturated heterocycles. The van der Waals surface area contributed by atoms with E-state index < -0.39 is 0 Å². The number of anilines is 1. The highest BCUT2D eigenvalue weighted by atomic mass is 35.5. The minimum atomic E-state index is -0.205. The van der Waals surface area contributed by atoms with Crippen LogP contribution in [0.3, 0.4) is 0 Å². The average molecular weight is 343 g/mol. The predicted molar refractivity (Wildman–Crippen MR) is 98.6 cm³/mol. The second-order valence-electron chi connectivity index (χ2n) is 6.48. The van der Waals surface area contributed by atoms with Gasteiger partial charge in [0.05, 0.1) is 5.56 Å². The first kappa shape index (κ1) is 17.0. The third kappa shape index (κ3) is 3.96. The number of benzene rings is 1. The van der Waals surface area contributed by atoms with E-state index in [0.29, 0.717) is 11.5 Å². The number of hydrogen-bond donors (Lipinski definition) is 1. The molecule has 0 spiro atoms. The van der Waals surface area contributed by atoms with Crippen molar-refractivity contribution in [2.24, 2.45) is 5.92 Å². The van der Waals surface area contributed by atoms with Crippen LogP contribution in [0.5, 0.6) is 0 Å². The minimum absolute atomic E-state index is 0.205. The van der Waals surface area contributed by atoms with Crippen molar-refractivity contribution in [1.29, 1.82) is 0 Å². The molecule has 1 heterocycles. The zero-order valence-electron chi connectivity index (χ0n) is 14.0. The molecule has 1 amide bonds. The molecule has 3 nitrogen and oxygen atoms in total. The van der Waals surface area contributed by atoms with E-state index in [9.17, 15) is 4.79 Å². The maximum atomic E-state index is 12.5. The molecule has 1 N–H and O–H groups in total. The summed E-state index contributed by atoms with van der Waals surface area (Å²) in [7, 11) is 0. The lowest BCUT2D eigenvalue weighted by Gasteiger charge is -2.11. The molecule has 1 saturated carbocycles. The first-order valence-electron chi connectivity index (χ1n) is 8.71. The molecule has 0 aliphatic heterocycles. The Morgan fingerprint density at radius 2 is 2.08 bits per heavy atom. The van der Waals surface area contributed by atoms with Gasteiger partial charge in [-0.15, -0.1) is 0 Å². The van der Waals surface area contributed by atoms with E-state index in [0.717, 1.165) is 11.6 Å². The molecule has 3 rings (SSSR count). The summed E-state index contributed by atoms with van der Waals surface area (Å²) >= 11 is 6.02. The van der Waals surface area contributed by atoms with Gasteiger partial charge in [-0.05, 0) is 48.4 Å². The summed E-state index contributed by atoms with van der Waals surface area (Å²) in [5.41, 5.74) is 2.54. The third-order valence-electron chi connectivity index (χ3n) is 4.71. The number of nitrogens with one attached hydrogen (secondary N) is 1. The number of nitrogens with zero attached hydrogens (tertiary/aromatic N) is 1. The molecule has 4 heteroatoms. The van der Waals surface area contributed by atoms with Crippen molar-refractivity contribution in [3.05, 3.63) is 58.9 Å². The Balaban J connectivity index is 1.69. The van der Waals surface area contributed by atoms with Gasteiger partial charge in [0, 0.05) is 11.9 Å². The molecular weight excluding hydrogens is 320 g/mol. The second kappa shape index (κ2) is 7.80. The van der Waals surface area contributed by atoms with Crippen LogP contribution >= 0.6 is 11.6 Å². The van der Waals surface area contributed by atoms with Crippen LogP contribution < -0.4 is 5.32 Å². The van der Waals surface area contributed by atoms with Crippen molar-refractivity contribution in [1.82, 2.24) is 4.98 Å². The molecule has 0 radical (unpaired) electrons. The highest BCUT2D eigenvalue weighted by molar-refractivity contribution is 6.33. The number of carbonyl (C=O) groups is 1. The molecule has 2 aromatic rings. The molecule has 1 fully saturated rings. The molecule has 2 unspecified atom stereocenters. The van der Waals surface area contributed by atoms with Crippen LogP contribution in [0, 0.1) is 5.92 Å². The summed E-state index contributed by atoms with van der Waals surface area (Å²) in [6.07, 6.45) is 7.96. The zero-order chi connectivity index (χ0) is 16.9. The van der Waals surface area contributed by atoms with Crippen molar-refractivity contribution < 1.29 is 4.79 Å². The standard InChI is InChI=1S/C20H23ClN2O/c1-2-3-4-8-14-13-17(14)15-9-5-6-11-18(15)23-20(24)16-10-7-12-22-19(16)21/h5-7,9-12,14,17H,2-4,8,13H2,1H3,(H,23,24). The summed E-state index contributed by atoms with van der Waals surface area (Å²) < 4.78 is 0. The van der Waals surface area contributed by atoms with Gasteiger partial charge in [-0.1, -0.05) is 56.0 Å². The van der Waals surface area contributed by atoms with Crippen molar-refractivity contribution >= 4 is 23.2 Å². The summed E-state index contributed by atoms with van der Waals surface area (Å²) in [4.78, 5) is 16.5. The molecule has 0 bridgehead atoms. The van der Waals surface area contributed by atoms with Crippen LogP contribution in [0.1, 0.15) is 60.9 Å². The summed E-state index contributed by atoms with van der Waals surface area (Å²) in [6.45, 7) is 2.23. The molecule has 1 aliphatic carbocycles. The van der Waals surface area contributed by atoms with Gasteiger partial charge in [0.15, 0.2) is 0 Å². The smallest absolute Gasteiger partial charge is 0.258 e. The average Bonchev–Trinajstić information content (AvgIpc) is 3.35. The van der Waals surface area contributed by atoms with Crippen molar-refractivity contribution in [2.75, 3.05) is 5.32 Å². The monoisotopic (exact) mass is 342 g/mol. The van der Waals surface area contributed by atoms with Gasteiger partial charge in [-0.25, -0.2) is 4.98 Å². The lowest BCUT2D eigenvalue weighted by molar-refractivity contribution is 0.102. The van der Waals surface area contributed by atoms with E-state index in [4.69, 9.17) is 11.6 Å². The number of carbonyl (C=O) groups excluding carboxylic acids is 1. The molecule has 1 aromatic heterocycles. The van der Waals surface area contributed by atoms with Crippen LogP contribution in [0.15, 0.2) is 42.6 Å². The SMILES string of the molecule is CCCCCC1CC1c1ccccc1NC(=O)c1cccnc1Cl. The number of para-hydroxylation sites is 1. The fourth-order valence-corrected chi connectivity index (χ4v) is 3.49. The number of aromatic nitrogens is 1. The highest BCUT2D eigenvalue weighted by Crippen LogP contribution is 2.52. The first-order chi connectivity index (χ1) is 11.7. The normalized spacial score (nSPS) is 19.1. The van der Waals surface area contributed by atoms with Gasteiger partial charge in [-0.2, -0.15) is 0 Å². The molecular formula is C20H23ClN2O. The Labute approximate surface area is 148 Å². The van der Waals surface area contributed by atoms with Crippen molar-refractivity contribution in [3.63, 3.8) is 0 Å². The third-order valence-corrected chi connectivity index (χ3v) is 5.01. The van der Waals surface area contributed by atoms with Crippen molar-refractivity contribution in [3.8, 4) is 0 Å². The first-order valence-corrected chi connectivity index (χ1v) is 9.09. The largest absolute Gasteiger partial charge is 0.322 e. The van der Waals surface area contributed by atoms with E-state index >= 15 is 0 Å². The lowest BCUT2D eigenvalue weighted by atomic mass is 10.0. The van der Waals surface area contributed by atoms with Gasteiger partial charge in [0.1, 0.15) is 5.15 Å². The number of pyridine rings is 1. The predicted octanol–water partition coefficient (Wildman–Crippen LogP) is 5.67. The Bertz CT molecular complexity index is 716. The second-order valence-corrected chi connectivity index (χ2v) is 6.84. The highest BCUT2D eigenvalue weighted by Gasteiger charge is 2.38. The number of hydrogen-bond acceptors (Lipinski definition) is 2. The van der Waals surface area contributed by atoms with Crippen LogP contribution in [-0.2, 0) is 0 Å². The Morgan fingerprint density at radius 3 is 2.88 bits per heavy atom. The minimum Gasteiger partial charge on any atom is -0.322 e. The maximum Gasteiger partial charge on any atom is 0.258 e. The van der Waals surface area contributed by atoms with Crippen LogP contribution in [-0.4, -0.2) is 10.9 Å². The molecule has 1 aliphatic rings. The Morgan fingerprint density at radius 1 is 1.25 bits per heavy atom. The van der Waals surface area contributed by atoms with E-state index in [2.05, 4.69) is 23.3 Å². The fourth-order valence-electron chi connectivity index (χ4n) is 3.28. The van der Waals surface area contributed by atoms with Gasteiger partial charge < -0.3 is 5.32 Å². The van der Waals surface area contributed by atoms with E-state index in [1.54, 1.807) is 18.3 Å². The van der Waals surface area contributed by atoms with E-state index in [1.165, 1.54) is 37.7 Å². The van der Waals surface area contributed by atoms with E-state index in [1.807, 2.05) is 18.2 Å². The summed E-state index contributed by atoms with van der Waals surface area (Å²) in [5, 5.41) is 3.25. The molecule has 126 valence electrons. The van der Waals surface area contributed by atoms with Crippen LogP contribution in [0.4, 0.5) is 5.69 Å². The Kier molecular flexibility index (Phi) is 5.52. The number of amides is 1. The lowest BCUT2D eigenvalue weighted by Crippen LogP contribution is -2.14. The maximum absolute atomic E-state index is 12.5. The van der Waals surface area contributed by atoms with Crippen LogP contribution in [0.25, 0.3) is 0 Å². The molecule has 24 heavy (non-hydrogen) atoms. The number of halogens is 1. The summed E-state index contributed by atoms with van der Waals surface area (Å²) in [5.74, 6) is 1.13. The summed E-state index contributed by atoms with van der Waals surface area (Å²) in [6, 6.07) is 11.5. The number of unbranched alkanes of at least 4 members (excludes halogenated alkanes) is 2. The van der Waals surface area contributed by atoms with Crippen LogP contribution in [0.2, 0.25) is 5.15 Å². The van der Waals surface area contributed by atoms with Gasteiger partial charge in [0.2, 0.25) is 0 Å². The molecule has 2 atom stereocenters. The molecule has 1 aromatic carbocycles. The quantitative estimate of drug-likeness (QED) is 0.520. The van der Waals surface area contributed by atoms with Gasteiger partial charge in [0.25, 0.3) is 5.91 Å². The Hall–Kier alpha value is -1.87. The fraction of sp³-hybridized carbons (Fsp3) is 0.400. The van der Waals surface area contributed by atoms with Gasteiger partial charge in [-0.3, -0.25) is 4.79 Å². The topological polar surface area (TPSA) is 42.0 Å². The van der Waals surface area contributed by atoms with Gasteiger partial charge >= 0.3 is 0 Å². The van der Waals surface area contributed by atoms with E-state index in [-0.39, 0.29) is 11.1 Å².